The number of amides is 2. The maximum Gasteiger partial charge on any atom is 0.251 e. The maximum absolute atomic E-state index is 13.4. The van der Waals surface area contributed by atoms with Crippen molar-refractivity contribution in [2.24, 2.45) is 0 Å². The standard InChI is InChI=1S/C18H19FN2O2/c1-13-6-8-15(9-7-13)18(23)21-12-17(22)20-11-10-14-4-2-3-5-16(14)19/h2-9H,10-12H2,1H3,(H,20,22)(H,21,23). The smallest absolute Gasteiger partial charge is 0.251 e. The zero-order valence-electron chi connectivity index (χ0n) is 12.9. The van der Waals surface area contributed by atoms with E-state index in [1.54, 1.807) is 30.3 Å². The van der Waals surface area contributed by atoms with Crippen molar-refractivity contribution in [2.75, 3.05) is 13.1 Å². The Morgan fingerprint density at radius 2 is 1.70 bits per heavy atom. The van der Waals surface area contributed by atoms with E-state index in [1.165, 1.54) is 6.07 Å². The van der Waals surface area contributed by atoms with Crippen molar-refractivity contribution in [3.8, 4) is 0 Å². The van der Waals surface area contributed by atoms with Gasteiger partial charge in [0.05, 0.1) is 6.54 Å². The Balaban J connectivity index is 1.72. The lowest BCUT2D eigenvalue weighted by Crippen LogP contribution is -2.37. The van der Waals surface area contributed by atoms with Crippen LogP contribution in [0.15, 0.2) is 48.5 Å². The summed E-state index contributed by atoms with van der Waals surface area (Å²) in [4.78, 5) is 23.5. The van der Waals surface area contributed by atoms with E-state index in [2.05, 4.69) is 10.6 Å². The van der Waals surface area contributed by atoms with Crippen LogP contribution in [0.1, 0.15) is 21.5 Å². The zero-order chi connectivity index (χ0) is 16.7. The van der Waals surface area contributed by atoms with Crippen molar-refractivity contribution < 1.29 is 14.0 Å². The molecule has 2 rings (SSSR count). The van der Waals surface area contributed by atoms with Crippen molar-refractivity contribution in [3.63, 3.8) is 0 Å². The molecule has 0 radical (unpaired) electrons. The number of halogens is 1. The molecule has 0 spiro atoms. The molecule has 0 bridgehead atoms. The number of hydrogen-bond donors (Lipinski definition) is 2. The third kappa shape index (κ3) is 5.21. The van der Waals surface area contributed by atoms with Crippen molar-refractivity contribution in [1.29, 1.82) is 0 Å². The largest absolute Gasteiger partial charge is 0.354 e. The molecule has 0 saturated carbocycles. The second-order valence-electron chi connectivity index (χ2n) is 5.24. The number of nitrogens with one attached hydrogen (secondary N) is 2. The van der Waals surface area contributed by atoms with Gasteiger partial charge in [0, 0.05) is 12.1 Å². The number of hydrogen-bond acceptors (Lipinski definition) is 2. The van der Waals surface area contributed by atoms with Crippen LogP contribution in [0.4, 0.5) is 4.39 Å². The molecular weight excluding hydrogens is 295 g/mol. The van der Waals surface area contributed by atoms with Crippen molar-refractivity contribution in [3.05, 3.63) is 71.0 Å². The molecular formula is C18H19FN2O2. The molecule has 2 N–H and O–H groups in total. The predicted octanol–water partition coefficient (Wildman–Crippen LogP) is 2.22. The summed E-state index contributed by atoms with van der Waals surface area (Å²) in [6, 6.07) is 13.5. The van der Waals surface area contributed by atoms with E-state index in [9.17, 15) is 14.0 Å². The van der Waals surface area contributed by atoms with Crippen LogP contribution in [0.2, 0.25) is 0 Å². The van der Waals surface area contributed by atoms with Crippen LogP contribution in [0.5, 0.6) is 0 Å². The Bertz CT molecular complexity index is 684. The summed E-state index contributed by atoms with van der Waals surface area (Å²) in [5.41, 5.74) is 2.12. The van der Waals surface area contributed by atoms with Crippen LogP contribution >= 0.6 is 0 Å². The third-order valence-electron chi connectivity index (χ3n) is 3.40. The lowest BCUT2D eigenvalue weighted by molar-refractivity contribution is -0.120. The van der Waals surface area contributed by atoms with Gasteiger partial charge < -0.3 is 10.6 Å². The summed E-state index contributed by atoms with van der Waals surface area (Å²) >= 11 is 0. The first kappa shape index (κ1) is 16.7. The second kappa shape index (κ2) is 8.08. The molecule has 23 heavy (non-hydrogen) atoms. The van der Waals surface area contributed by atoms with Crippen LogP contribution in [0.25, 0.3) is 0 Å². The van der Waals surface area contributed by atoms with Crippen LogP contribution in [-0.2, 0) is 11.2 Å². The van der Waals surface area contributed by atoms with E-state index >= 15 is 0 Å². The Morgan fingerprint density at radius 1 is 1.00 bits per heavy atom. The normalized spacial score (nSPS) is 10.2. The van der Waals surface area contributed by atoms with Gasteiger partial charge in [0.1, 0.15) is 5.82 Å². The Labute approximate surface area is 134 Å². The molecule has 120 valence electrons. The molecule has 0 heterocycles. The number of carbonyl (C=O) groups excluding carboxylic acids is 2. The lowest BCUT2D eigenvalue weighted by atomic mass is 10.1. The van der Waals surface area contributed by atoms with E-state index in [0.29, 0.717) is 24.1 Å². The summed E-state index contributed by atoms with van der Waals surface area (Å²) in [6.45, 7) is 2.15. The van der Waals surface area contributed by atoms with Gasteiger partial charge in [-0.2, -0.15) is 0 Å². The van der Waals surface area contributed by atoms with E-state index in [1.807, 2.05) is 19.1 Å². The number of benzene rings is 2. The van der Waals surface area contributed by atoms with Gasteiger partial charge in [-0.05, 0) is 37.1 Å². The molecule has 0 atom stereocenters. The number of carbonyl (C=O) groups is 2. The van der Waals surface area contributed by atoms with Gasteiger partial charge in [0.15, 0.2) is 0 Å². The minimum atomic E-state index is -0.304. The van der Waals surface area contributed by atoms with Gasteiger partial charge >= 0.3 is 0 Å². The molecule has 0 aliphatic carbocycles. The van der Waals surface area contributed by atoms with E-state index < -0.39 is 0 Å². The third-order valence-corrected chi connectivity index (χ3v) is 3.40. The lowest BCUT2D eigenvalue weighted by Gasteiger charge is -2.08. The quantitative estimate of drug-likeness (QED) is 0.859. The average molecular weight is 314 g/mol. The first-order valence-electron chi connectivity index (χ1n) is 7.41. The van der Waals surface area contributed by atoms with Crippen molar-refractivity contribution in [2.45, 2.75) is 13.3 Å². The molecule has 0 aliphatic rings. The van der Waals surface area contributed by atoms with Crippen LogP contribution in [0, 0.1) is 12.7 Å². The van der Waals surface area contributed by atoms with Crippen molar-refractivity contribution >= 4 is 11.8 Å². The highest BCUT2D eigenvalue weighted by atomic mass is 19.1. The van der Waals surface area contributed by atoms with Gasteiger partial charge in [-0.1, -0.05) is 35.9 Å². The van der Waals surface area contributed by atoms with Crippen molar-refractivity contribution in [1.82, 2.24) is 10.6 Å². The monoisotopic (exact) mass is 314 g/mol. The maximum atomic E-state index is 13.4. The van der Waals surface area contributed by atoms with Gasteiger partial charge in [0.2, 0.25) is 5.91 Å². The average Bonchev–Trinajstić information content (AvgIpc) is 2.55. The van der Waals surface area contributed by atoms with Crippen LogP contribution in [0.3, 0.4) is 0 Å². The van der Waals surface area contributed by atoms with Gasteiger partial charge in [-0.3, -0.25) is 9.59 Å². The highest BCUT2D eigenvalue weighted by molar-refractivity contribution is 5.96. The molecule has 0 aromatic heterocycles. The van der Waals surface area contributed by atoms with Gasteiger partial charge in [-0.15, -0.1) is 0 Å². The first-order valence-corrected chi connectivity index (χ1v) is 7.41. The fourth-order valence-electron chi connectivity index (χ4n) is 2.07. The minimum Gasteiger partial charge on any atom is -0.354 e. The molecule has 0 aliphatic heterocycles. The zero-order valence-corrected chi connectivity index (χ0v) is 12.9. The predicted molar refractivity (Wildman–Crippen MR) is 86.6 cm³/mol. The SMILES string of the molecule is Cc1ccc(C(=O)NCC(=O)NCCc2ccccc2F)cc1. The Hall–Kier alpha value is -2.69. The fourth-order valence-corrected chi connectivity index (χ4v) is 2.07. The van der Waals surface area contributed by atoms with Crippen LogP contribution in [-0.4, -0.2) is 24.9 Å². The molecule has 2 aromatic rings. The molecule has 0 saturated heterocycles. The minimum absolute atomic E-state index is 0.107. The van der Waals surface area contributed by atoms with E-state index in [-0.39, 0.29) is 24.2 Å². The van der Waals surface area contributed by atoms with E-state index in [0.717, 1.165) is 5.56 Å². The Morgan fingerprint density at radius 3 is 2.39 bits per heavy atom. The highest BCUT2D eigenvalue weighted by Crippen LogP contribution is 2.06. The van der Waals surface area contributed by atoms with Crippen LogP contribution < -0.4 is 10.6 Å². The van der Waals surface area contributed by atoms with E-state index in [4.69, 9.17) is 0 Å². The fraction of sp³-hybridized carbons (Fsp3) is 0.222. The first-order chi connectivity index (χ1) is 11.1. The molecule has 2 aromatic carbocycles. The summed E-state index contributed by atoms with van der Waals surface area (Å²) in [6.07, 6.45) is 0.407. The topological polar surface area (TPSA) is 58.2 Å². The second-order valence-corrected chi connectivity index (χ2v) is 5.24. The molecule has 0 fully saturated rings. The molecule has 4 nitrogen and oxygen atoms in total. The number of aryl methyl sites for hydroxylation is 1. The summed E-state index contributed by atoms with van der Waals surface area (Å²) < 4.78 is 13.4. The summed E-state index contributed by atoms with van der Waals surface area (Å²) in [5, 5.41) is 5.21. The van der Waals surface area contributed by atoms with Gasteiger partial charge in [-0.25, -0.2) is 4.39 Å². The highest BCUT2D eigenvalue weighted by Gasteiger charge is 2.08. The molecule has 0 unspecified atom stereocenters. The number of rotatable bonds is 6. The summed E-state index contributed by atoms with van der Waals surface area (Å²) in [5.74, 6) is -0.884. The summed E-state index contributed by atoms with van der Waals surface area (Å²) in [7, 11) is 0. The Kier molecular flexibility index (Phi) is 5.86. The van der Waals surface area contributed by atoms with Gasteiger partial charge in [0.25, 0.3) is 5.91 Å². The molecule has 2 amide bonds. The molecule has 5 heteroatoms.